The van der Waals surface area contributed by atoms with Gasteiger partial charge < -0.3 is 15.4 Å². The molecule has 2 heterocycles. The maximum Gasteiger partial charge on any atom is 0.191 e. The fraction of sp³-hybridized carbons (Fsp3) is 0.412. The van der Waals surface area contributed by atoms with E-state index >= 15 is 0 Å². The standard InChI is InChI=1S/C17H22N4OS.HI/c1-18-17(19-10-14-8-5-9-22-14)20-11-16-21-15(12-23-16)13-6-3-2-4-7-13;/h2-4,6-7,12,14H,5,8-11H2,1H3,(H2,18,19,20);1H. The lowest BCUT2D eigenvalue weighted by Crippen LogP contribution is -2.40. The average molecular weight is 458 g/mol. The van der Waals surface area contributed by atoms with Crippen LogP contribution in [0.4, 0.5) is 0 Å². The summed E-state index contributed by atoms with van der Waals surface area (Å²) in [5.74, 6) is 0.789. The highest BCUT2D eigenvalue weighted by molar-refractivity contribution is 14.0. The first-order valence-corrected chi connectivity index (χ1v) is 8.79. The molecule has 130 valence electrons. The minimum absolute atomic E-state index is 0. The van der Waals surface area contributed by atoms with Crippen molar-refractivity contribution in [1.29, 1.82) is 0 Å². The molecule has 0 amide bonds. The van der Waals surface area contributed by atoms with Gasteiger partial charge in [0.25, 0.3) is 0 Å². The Kier molecular flexibility index (Phi) is 7.93. The molecule has 0 bridgehead atoms. The van der Waals surface area contributed by atoms with E-state index < -0.39 is 0 Å². The summed E-state index contributed by atoms with van der Waals surface area (Å²) in [5, 5.41) is 9.75. The summed E-state index contributed by atoms with van der Waals surface area (Å²) in [6, 6.07) is 10.2. The Morgan fingerprint density at radius 1 is 1.33 bits per heavy atom. The number of nitrogens with one attached hydrogen (secondary N) is 2. The number of halogens is 1. The van der Waals surface area contributed by atoms with E-state index in [-0.39, 0.29) is 24.0 Å². The molecule has 0 spiro atoms. The SMILES string of the molecule is CN=C(NCc1nc(-c2ccccc2)cs1)NCC1CCCO1.I. The van der Waals surface area contributed by atoms with Crippen molar-refractivity contribution in [2.75, 3.05) is 20.2 Å². The lowest BCUT2D eigenvalue weighted by Gasteiger charge is -2.14. The highest BCUT2D eigenvalue weighted by atomic mass is 127. The normalized spacial score (nSPS) is 17.4. The van der Waals surface area contributed by atoms with E-state index in [9.17, 15) is 0 Å². The Balaban J connectivity index is 0.00000208. The second-order valence-electron chi connectivity index (χ2n) is 5.43. The minimum Gasteiger partial charge on any atom is -0.376 e. The van der Waals surface area contributed by atoms with Gasteiger partial charge in [0, 0.05) is 31.1 Å². The number of aliphatic imine (C=N–C) groups is 1. The van der Waals surface area contributed by atoms with Crippen LogP contribution in [0.3, 0.4) is 0 Å². The van der Waals surface area contributed by atoms with Gasteiger partial charge in [0.1, 0.15) is 5.01 Å². The number of rotatable bonds is 5. The predicted octanol–water partition coefficient (Wildman–Crippen LogP) is 3.27. The van der Waals surface area contributed by atoms with Crippen LogP contribution in [0.25, 0.3) is 11.3 Å². The summed E-state index contributed by atoms with van der Waals surface area (Å²) in [6.07, 6.45) is 2.58. The van der Waals surface area contributed by atoms with Crippen LogP contribution in [0.5, 0.6) is 0 Å². The summed E-state index contributed by atoms with van der Waals surface area (Å²) in [4.78, 5) is 8.92. The molecule has 1 aromatic carbocycles. The van der Waals surface area contributed by atoms with Crippen molar-refractivity contribution in [2.24, 2.45) is 4.99 Å². The monoisotopic (exact) mass is 458 g/mol. The summed E-state index contributed by atoms with van der Waals surface area (Å²) in [7, 11) is 1.78. The van der Waals surface area contributed by atoms with Gasteiger partial charge in [-0.2, -0.15) is 0 Å². The molecular weight excluding hydrogens is 435 g/mol. The van der Waals surface area contributed by atoms with Gasteiger partial charge in [-0.05, 0) is 12.8 Å². The van der Waals surface area contributed by atoms with Gasteiger partial charge in [0.15, 0.2) is 5.96 Å². The zero-order valence-corrected chi connectivity index (χ0v) is 16.8. The molecule has 1 aromatic heterocycles. The molecule has 24 heavy (non-hydrogen) atoms. The fourth-order valence-corrected chi connectivity index (χ4v) is 3.27. The van der Waals surface area contributed by atoms with Crippen LogP contribution in [0.2, 0.25) is 0 Å². The van der Waals surface area contributed by atoms with Crippen LogP contribution in [0.1, 0.15) is 17.8 Å². The summed E-state index contributed by atoms with van der Waals surface area (Å²) in [6.45, 7) is 2.34. The first-order chi connectivity index (χ1) is 11.3. The molecule has 1 atom stereocenters. The van der Waals surface area contributed by atoms with Crippen molar-refractivity contribution in [3.63, 3.8) is 0 Å². The number of hydrogen-bond acceptors (Lipinski definition) is 4. The molecule has 2 N–H and O–H groups in total. The lowest BCUT2D eigenvalue weighted by atomic mass is 10.2. The average Bonchev–Trinajstić information content (AvgIpc) is 3.27. The molecule has 0 aliphatic carbocycles. The number of hydrogen-bond donors (Lipinski definition) is 2. The molecule has 1 fully saturated rings. The Morgan fingerprint density at radius 2 is 2.17 bits per heavy atom. The first-order valence-electron chi connectivity index (χ1n) is 7.91. The van der Waals surface area contributed by atoms with Crippen LogP contribution in [-0.2, 0) is 11.3 Å². The molecule has 2 aromatic rings. The molecule has 1 unspecified atom stereocenters. The van der Waals surface area contributed by atoms with E-state index in [0.29, 0.717) is 12.6 Å². The van der Waals surface area contributed by atoms with E-state index in [0.717, 1.165) is 48.2 Å². The molecule has 3 rings (SSSR count). The fourth-order valence-electron chi connectivity index (χ4n) is 2.53. The third-order valence-corrected chi connectivity index (χ3v) is 4.62. The van der Waals surface area contributed by atoms with E-state index in [1.807, 2.05) is 18.2 Å². The van der Waals surface area contributed by atoms with Crippen molar-refractivity contribution in [2.45, 2.75) is 25.5 Å². The summed E-state index contributed by atoms with van der Waals surface area (Å²) in [5.41, 5.74) is 2.17. The van der Waals surface area contributed by atoms with E-state index in [2.05, 4.69) is 38.1 Å². The van der Waals surface area contributed by atoms with Crippen molar-refractivity contribution < 1.29 is 4.74 Å². The summed E-state index contributed by atoms with van der Waals surface area (Å²) >= 11 is 1.66. The van der Waals surface area contributed by atoms with Crippen molar-refractivity contribution >= 4 is 41.3 Å². The molecular formula is C17H23IN4OS. The molecule has 1 aliphatic rings. The van der Waals surface area contributed by atoms with Crippen LogP contribution in [-0.4, -0.2) is 37.2 Å². The number of aromatic nitrogens is 1. The molecule has 1 aliphatic heterocycles. The summed E-state index contributed by atoms with van der Waals surface area (Å²) < 4.78 is 5.61. The second-order valence-corrected chi connectivity index (χ2v) is 6.38. The third kappa shape index (κ3) is 5.42. The van der Waals surface area contributed by atoms with Crippen LogP contribution < -0.4 is 10.6 Å². The number of thiazole rings is 1. The second kappa shape index (κ2) is 9.95. The van der Waals surface area contributed by atoms with E-state index in [1.54, 1.807) is 18.4 Å². The van der Waals surface area contributed by atoms with Gasteiger partial charge in [-0.1, -0.05) is 30.3 Å². The number of guanidine groups is 1. The maximum absolute atomic E-state index is 5.61. The Hall–Kier alpha value is -1.19. The largest absolute Gasteiger partial charge is 0.376 e. The Morgan fingerprint density at radius 3 is 2.88 bits per heavy atom. The topological polar surface area (TPSA) is 58.5 Å². The molecule has 7 heteroatoms. The van der Waals surface area contributed by atoms with Gasteiger partial charge in [-0.3, -0.25) is 4.99 Å². The Bertz CT molecular complexity index is 641. The molecule has 1 saturated heterocycles. The quantitative estimate of drug-likeness (QED) is 0.410. The van der Waals surface area contributed by atoms with Crippen LogP contribution >= 0.6 is 35.3 Å². The number of nitrogens with zero attached hydrogens (tertiary/aromatic N) is 2. The van der Waals surface area contributed by atoms with Crippen LogP contribution in [0, 0.1) is 0 Å². The van der Waals surface area contributed by atoms with Crippen molar-refractivity contribution in [3.8, 4) is 11.3 Å². The zero-order valence-electron chi connectivity index (χ0n) is 13.7. The first kappa shape index (κ1) is 19.1. The zero-order chi connectivity index (χ0) is 15.9. The van der Waals surface area contributed by atoms with Gasteiger partial charge in [-0.15, -0.1) is 35.3 Å². The highest BCUT2D eigenvalue weighted by Gasteiger charge is 2.15. The number of ether oxygens (including phenoxy) is 1. The molecule has 0 radical (unpaired) electrons. The molecule has 0 saturated carbocycles. The van der Waals surface area contributed by atoms with Crippen LogP contribution in [0.15, 0.2) is 40.7 Å². The van der Waals surface area contributed by atoms with Gasteiger partial charge in [-0.25, -0.2) is 4.98 Å². The smallest absolute Gasteiger partial charge is 0.191 e. The minimum atomic E-state index is 0. The van der Waals surface area contributed by atoms with Gasteiger partial charge >= 0.3 is 0 Å². The van der Waals surface area contributed by atoms with Crippen molar-refractivity contribution in [1.82, 2.24) is 15.6 Å². The van der Waals surface area contributed by atoms with Gasteiger partial charge in [0.2, 0.25) is 0 Å². The predicted molar refractivity (Wildman–Crippen MR) is 110 cm³/mol. The number of benzene rings is 1. The van der Waals surface area contributed by atoms with E-state index in [1.165, 1.54) is 0 Å². The lowest BCUT2D eigenvalue weighted by molar-refractivity contribution is 0.114. The third-order valence-electron chi connectivity index (χ3n) is 3.77. The molecule has 5 nitrogen and oxygen atoms in total. The van der Waals surface area contributed by atoms with E-state index in [4.69, 9.17) is 4.74 Å². The maximum atomic E-state index is 5.61. The van der Waals surface area contributed by atoms with Gasteiger partial charge in [0.05, 0.1) is 18.3 Å². The highest BCUT2D eigenvalue weighted by Crippen LogP contribution is 2.21. The Labute approximate surface area is 164 Å². The van der Waals surface area contributed by atoms with Crippen molar-refractivity contribution in [3.05, 3.63) is 40.7 Å².